The van der Waals surface area contributed by atoms with Gasteiger partial charge in [0.1, 0.15) is 0 Å². The molecule has 25 heavy (non-hydrogen) atoms. The number of rotatable bonds is 8. The van der Waals surface area contributed by atoms with Crippen LogP contribution in [0.4, 0.5) is 0 Å². The van der Waals surface area contributed by atoms with Crippen molar-refractivity contribution in [2.75, 3.05) is 28.4 Å². The molecule has 0 aromatic heterocycles. The Labute approximate surface area is 172 Å². The van der Waals surface area contributed by atoms with Crippen LogP contribution >= 0.6 is 0 Å². The summed E-state index contributed by atoms with van der Waals surface area (Å²) in [4.78, 5) is 0. The van der Waals surface area contributed by atoms with Gasteiger partial charge in [-0.2, -0.15) is 0 Å². The molecule has 2 rings (SSSR count). The van der Waals surface area contributed by atoms with Gasteiger partial charge < -0.3 is 24.8 Å². The first kappa shape index (κ1) is 23.7. The maximum Gasteiger partial charge on any atom is -1.00 e. The van der Waals surface area contributed by atoms with Gasteiger partial charge in [0.05, 0.1) is 0 Å². The number of ether oxygens (including phenoxy) is 4. The Morgan fingerprint density at radius 2 is 0.960 bits per heavy atom. The van der Waals surface area contributed by atoms with Crippen molar-refractivity contribution in [1.82, 2.24) is 0 Å². The second kappa shape index (κ2) is 12.1. The Bertz CT molecular complexity index is 601. The average Bonchev–Trinajstić information content (AvgIpc) is 2.61. The van der Waals surface area contributed by atoms with Gasteiger partial charge in [-0.15, -0.1) is 0 Å². The Morgan fingerprint density at radius 1 is 0.560 bits per heavy atom. The molecule has 0 aliphatic carbocycles. The summed E-state index contributed by atoms with van der Waals surface area (Å²) in [6.07, 6.45) is 0. The van der Waals surface area contributed by atoms with E-state index in [4.69, 9.17) is 24.6 Å². The van der Waals surface area contributed by atoms with Crippen molar-refractivity contribution in [1.29, 1.82) is 0 Å². The molecule has 0 radical (unpaired) electrons. The molecular weight excluding hydrogens is 450 g/mol. The third kappa shape index (κ3) is 6.50. The number of hydrogen-bond acceptors (Lipinski definition) is 6. The molecule has 0 aliphatic rings. The Kier molecular flexibility index (Phi) is 11.5. The molecule has 0 fully saturated rings. The van der Waals surface area contributed by atoms with Crippen LogP contribution in [-0.4, -0.2) is 28.4 Å². The van der Waals surface area contributed by atoms with Gasteiger partial charge >= 0.3 is 148 Å². The van der Waals surface area contributed by atoms with E-state index in [0.29, 0.717) is 34.5 Å². The van der Waals surface area contributed by atoms with E-state index in [1.807, 2.05) is 12.1 Å². The van der Waals surface area contributed by atoms with Crippen LogP contribution in [0.3, 0.4) is 0 Å². The Hall–Kier alpha value is -1.30. The number of hydrogen-bond donors (Lipinski definition) is 0. The molecule has 0 spiro atoms. The van der Waals surface area contributed by atoms with Crippen molar-refractivity contribution in [3.63, 3.8) is 0 Å². The van der Waals surface area contributed by atoms with Crippen LogP contribution in [0.5, 0.6) is 34.5 Å². The normalized spacial score (nSPS) is 8.80. The average molecular weight is 468 g/mol. The zero-order chi connectivity index (χ0) is 16.7. The van der Waals surface area contributed by atoms with Gasteiger partial charge in [-0.1, -0.05) is 0 Å². The van der Waals surface area contributed by atoms with Crippen molar-refractivity contribution in [2.45, 2.75) is 0 Å². The predicted molar refractivity (Wildman–Crippen MR) is 80.3 cm³/mol. The molecule has 2 aromatic rings. The molecule has 0 unspecified atom stereocenters. The number of methoxy groups -OCH3 is 4. The molecule has 0 amide bonds. The molecule has 0 heterocycles. The van der Waals surface area contributed by atoms with Gasteiger partial charge in [-0.3, -0.25) is 0 Å². The van der Waals surface area contributed by atoms with E-state index in [2.05, 4.69) is 0 Å². The minimum atomic E-state index is -1.67. The van der Waals surface area contributed by atoms with Crippen LogP contribution in [0, 0.1) is 0 Å². The largest absolute Gasteiger partial charge is 1.00 e. The fraction of sp³-hybridized carbons (Fsp3) is 0.250. The van der Waals surface area contributed by atoms with E-state index in [1.54, 1.807) is 52.7 Å². The fourth-order valence-corrected chi connectivity index (χ4v) is 3.17. The van der Waals surface area contributed by atoms with E-state index < -0.39 is 24.1 Å². The van der Waals surface area contributed by atoms with E-state index in [-0.39, 0.29) is 24.8 Å². The first-order chi connectivity index (χ1) is 11.2. The molecule has 6 nitrogen and oxygen atoms in total. The maximum atomic E-state index is 5.79. The summed E-state index contributed by atoms with van der Waals surface area (Å²) in [5.41, 5.74) is 0. The minimum Gasteiger partial charge on any atom is -1.00 e. The monoisotopic (exact) mass is 466 g/mol. The van der Waals surface area contributed by atoms with Crippen LogP contribution in [-0.2, 0) is 24.1 Å². The summed E-state index contributed by atoms with van der Waals surface area (Å²) in [5.74, 6) is 3.85. The summed E-state index contributed by atoms with van der Waals surface area (Å²) >= 11 is -1.67. The maximum absolute atomic E-state index is 5.79. The molecule has 2 aromatic carbocycles. The van der Waals surface area contributed by atoms with Gasteiger partial charge in [0, 0.05) is 0 Å². The molecule has 0 bridgehead atoms. The molecule has 0 N–H and O–H groups in total. The summed E-state index contributed by atoms with van der Waals surface area (Å²) in [6, 6.07) is 10.7. The Morgan fingerprint density at radius 3 is 1.28 bits per heavy atom. The van der Waals surface area contributed by atoms with Crippen molar-refractivity contribution in [3.8, 4) is 34.5 Å². The topological polar surface area (TPSA) is 55.4 Å². The van der Waals surface area contributed by atoms with Gasteiger partial charge in [-0.05, 0) is 0 Å². The third-order valence-corrected chi connectivity index (χ3v) is 4.54. The van der Waals surface area contributed by atoms with Gasteiger partial charge in [-0.25, -0.2) is 0 Å². The van der Waals surface area contributed by atoms with Crippen LogP contribution in [0.25, 0.3) is 0 Å². The SMILES string of the molecule is COc1ccc(OC)c([O][Zr+2][O]c2cc(OC)ccc2OC)c1.[Cl-].[Cl-]. The van der Waals surface area contributed by atoms with Gasteiger partial charge in [0.25, 0.3) is 0 Å². The quantitative estimate of drug-likeness (QED) is 0.415. The van der Waals surface area contributed by atoms with Crippen LogP contribution in [0.2, 0.25) is 0 Å². The fourth-order valence-electron chi connectivity index (χ4n) is 1.84. The van der Waals surface area contributed by atoms with Gasteiger partial charge in [0.15, 0.2) is 0 Å². The molecule has 0 aliphatic heterocycles. The first-order valence-corrected chi connectivity index (χ1v) is 8.75. The standard InChI is InChI=1S/2C8H10O3.2ClH.Zr/c2*1-10-6-3-4-8(11-2)7(9)5-6;;;/h2*3-5,9H,1-2H3;2*1H;/q;;;;+4/p-4. The van der Waals surface area contributed by atoms with Crippen molar-refractivity contribution < 1.29 is 73.5 Å². The van der Waals surface area contributed by atoms with Crippen LogP contribution in [0.1, 0.15) is 0 Å². The first-order valence-electron chi connectivity index (χ1n) is 6.74. The van der Waals surface area contributed by atoms with Crippen LogP contribution in [0.15, 0.2) is 36.4 Å². The second-order valence-corrected chi connectivity index (χ2v) is 5.73. The molecule has 0 saturated heterocycles. The van der Waals surface area contributed by atoms with E-state index >= 15 is 0 Å². The molecule has 0 atom stereocenters. The number of benzene rings is 2. The van der Waals surface area contributed by atoms with E-state index in [1.165, 1.54) is 0 Å². The van der Waals surface area contributed by atoms with Crippen molar-refractivity contribution in [3.05, 3.63) is 36.4 Å². The smallest absolute Gasteiger partial charge is 1.00 e. The second-order valence-electron chi connectivity index (χ2n) is 4.32. The predicted octanol–water partition coefficient (Wildman–Crippen LogP) is -2.90. The molecular formula is C16H18Cl2O6Zr. The molecule has 0 saturated carbocycles. The number of halogens is 2. The van der Waals surface area contributed by atoms with Crippen LogP contribution < -0.4 is 49.4 Å². The van der Waals surface area contributed by atoms with E-state index in [9.17, 15) is 0 Å². The van der Waals surface area contributed by atoms with E-state index in [0.717, 1.165) is 0 Å². The zero-order valence-electron chi connectivity index (χ0n) is 14.2. The zero-order valence-corrected chi connectivity index (χ0v) is 18.1. The summed E-state index contributed by atoms with van der Waals surface area (Å²) in [6.45, 7) is 0. The molecule has 136 valence electrons. The summed E-state index contributed by atoms with van der Waals surface area (Å²) in [7, 11) is 6.38. The Balaban J connectivity index is 0.00000288. The molecule has 9 heteroatoms. The summed E-state index contributed by atoms with van der Waals surface area (Å²) < 4.78 is 32.5. The van der Waals surface area contributed by atoms with Crippen molar-refractivity contribution in [2.24, 2.45) is 0 Å². The van der Waals surface area contributed by atoms with Crippen molar-refractivity contribution >= 4 is 0 Å². The summed E-state index contributed by atoms with van der Waals surface area (Å²) in [5, 5.41) is 0. The van der Waals surface area contributed by atoms with Gasteiger partial charge in [0.2, 0.25) is 0 Å². The third-order valence-electron chi connectivity index (χ3n) is 3.04. The minimum absolute atomic E-state index is 0.